The minimum atomic E-state index is -1.85. The number of carbonyl (C=O) groups excluding carboxylic acids is 3. The Labute approximate surface area is 133 Å². The molecule has 2 aliphatic heterocycles. The van der Waals surface area contributed by atoms with Crippen molar-refractivity contribution in [1.82, 2.24) is 10.6 Å². The number of nitrogens with zero attached hydrogens (tertiary/aromatic N) is 1. The smallest absolute Gasteiger partial charge is 0.312 e. The van der Waals surface area contributed by atoms with E-state index in [2.05, 4.69) is 10.6 Å². The second-order valence-electron chi connectivity index (χ2n) is 5.92. The number of hydrogen-bond acceptors (Lipinski definition) is 3. The quantitative estimate of drug-likeness (QED) is 0.654. The van der Waals surface area contributed by atoms with Gasteiger partial charge in [-0.3, -0.25) is 14.9 Å². The molecule has 1 atom stereocenters. The first-order valence-corrected chi connectivity index (χ1v) is 7.69. The van der Waals surface area contributed by atoms with Crippen LogP contribution in [0.25, 0.3) is 0 Å². The van der Waals surface area contributed by atoms with Gasteiger partial charge in [-0.1, -0.05) is 26.7 Å². The lowest BCUT2D eigenvalue weighted by molar-refractivity contribution is -0.134. The highest BCUT2D eigenvalue weighted by Crippen LogP contribution is 2.43. The summed E-state index contributed by atoms with van der Waals surface area (Å²) in [6, 6.07) is 3.13. The first-order valence-electron chi connectivity index (χ1n) is 7.69. The summed E-state index contributed by atoms with van der Waals surface area (Å²) < 4.78 is 13.7. The van der Waals surface area contributed by atoms with E-state index in [-0.39, 0.29) is 11.5 Å². The molecule has 2 aliphatic rings. The van der Waals surface area contributed by atoms with Gasteiger partial charge in [-0.15, -0.1) is 0 Å². The van der Waals surface area contributed by atoms with Crippen molar-refractivity contribution in [3.05, 3.63) is 29.6 Å². The number of imide groups is 1. The van der Waals surface area contributed by atoms with Gasteiger partial charge in [0.25, 0.3) is 11.8 Å². The van der Waals surface area contributed by atoms with E-state index in [4.69, 9.17) is 0 Å². The molecule has 1 spiro atoms. The number of urea groups is 1. The van der Waals surface area contributed by atoms with Gasteiger partial charge in [0.1, 0.15) is 5.82 Å². The van der Waals surface area contributed by atoms with E-state index in [0.717, 1.165) is 18.9 Å². The Kier molecular flexibility index (Phi) is 3.58. The maximum absolute atomic E-state index is 13.7. The normalized spacial score (nSPS) is 22.8. The fraction of sp³-hybridized carbons (Fsp3) is 0.438. The summed E-state index contributed by atoms with van der Waals surface area (Å²) in [7, 11) is 0. The number of amides is 4. The van der Waals surface area contributed by atoms with Crippen molar-refractivity contribution in [2.24, 2.45) is 5.92 Å². The lowest BCUT2D eigenvalue weighted by atomic mass is 9.91. The minimum absolute atomic E-state index is 0.191. The Morgan fingerprint density at radius 3 is 2.48 bits per heavy atom. The van der Waals surface area contributed by atoms with Crippen LogP contribution in [0.1, 0.15) is 32.3 Å². The highest BCUT2D eigenvalue weighted by molar-refractivity contribution is 6.27. The number of rotatable bonds is 4. The van der Waals surface area contributed by atoms with Gasteiger partial charge in [0.15, 0.2) is 0 Å². The molecule has 0 saturated carbocycles. The van der Waals surface area contributed by atoms with Gasteiger partial charge in [-0.05, 0) is 24.1 Å². The Balaban J connectivity index is 2.12. The fourth-order valence-electron chi connectivity index (χ4n) is 3.25. The molecule has 0 bridgehead atoms. The molecule has 3 rings (SSSR count). The van der Waals surface area contributed by atoms with E-state index >= 15 is 0 Å². The molecule has 0 aromatic heterocycles. The average Bonchev–Trinajstić information content (AvgIpc) is 2.94. The molecular formula is C16H18FN3O3. The predicted octanol–water partition coefficient (Wildman–Crippen LogP) is 1.64. The molecule has 1 unspecified atom stereocenters. The number of hydrogen-bond donors (Lipinski definition) is 2. The van der Waals surface area contributed by atoms with Gasteiger partial charge >= 0.3 is 6.03 Å². The zero-order chi connectivity index (χ0) is 16.8. The maximum atomic E-state index is 13.7. The third-order valence-corrected chi connectivity index (χ3v) is 4.68. The molecule has 2 N–H and O–H groups in total. The van der Waals surface area contributed by atoms with E-state index in [9.17, 15) is 18.8 Å². The van der Waals surface area contributed by atoms with Crippen molar-refractivity contribution in [2.45, 2.75) is 32.2 Å². The van der Waals surface area contributed by atoms with E-state index in [0.29, 0.717) is 12.2 Å². The van der Waals surface area contributed by atoms with E-state index in [1.165, 1.54) is 17.0 Å². The van der Waals surface area contributed by atoms with Crippen LogP contribution in [0, 0.1) is 11.7 Å². The largest absolute Gasteiger partial charge is 0.323 e. The summed E-state index contributed by atoms with van der Waals surface area (Å²) in [5.41, 5.74) is -1.18. The number of benzene rings is 1. The van der Waals surface area contributed by atoms with Crippen LogP contribution in [0.4, 0.5) is 14.9 Å². The summed E-state index contributed by atoms with van der Waals surface area (Å²) in [6.07, 6.45) is 1.75. The molecule has 2 heterocycles. The fourth-order valence-corrected chi connectivity index (χ4v) is 3.25. The summed E-state index contributed by atoms with van der Waals surface area (Å²) in [5.74, 6) is -1.60. The Morgan fingerprint density at radius 1 is 1.22 bits per heavy atom. The van der Waals surface area contributed by atoms with Crippen LogP contribution in [-0.2, 0) is 15.1 Å². The van der Waals surface area contributed by atoms with Crippen molar-refractivity contribution >= 4 is 23.5 Å². The third kappa shape index (κ3) is 2.10. The molecule has 23 heavy (non-hydrogen) atoms. The van der Waals surface area contributed by atoms with Gasteiger partial charge in [0.05, 0.1) is 5.69 Å². The van der Waals surface area contributed by atoms with E-state index in [1.807, 2.05) is 13.8 Å². The van der Waals surface area contributed by atoms with Crippen LogP contribution in [-0.4, -0.2) is 24.4 Å². The van der Waals surface area contributed by atoms with Crippen LogP contribution in [0.3, 0.4) is 0 Å². The molecule has 6 nitrogen and oxygen atoms in total. The third-order valence-electron chi connectivity index (χ3n) is 4.68. The van der Waals surface area contributed by atoms with Gasteiger partial charge in [0.2, 0.25) is 5.54 Å². The monoisotopic (exact) mass is 319 g/mol. The Morgan fingerprint density at radius 2 is 1.91 bits per heavy atom. The molecule has 1 saturated heterocycles. The number of anilines is 1. The van der Waals surface area contributed by atoms with Gasteiger partial charge < -0.3 is 10.2 Å². The van der Waals surface area contributed by atoms with Crippen LogP contribution < -0.4 is 15.5 Å². The zero-order valence-corrected chi connectivity index (χ0v) is 13.0. The molecule has 122 valence electrons. The van der Waals surface area contributed by atoms with Crippen molar-refractivity contribution in [1.29, 1.82) is 0 Å². The summed E-state index contributed by atoms with van der Waals surface area (Å²) >= 11 is 0. The molecule has 1 fully saturated rings. The van der Waals surface area contributed by atoms with Crippen molar-refractivity contribution in [3.8, 4) is 0 Å². The van der Waals surface area contributed by atoms with Crippen molar-refractivity contribution < 1.29 is 18.8 Å². The lowest BCUT2D eigenvalue weighted by Crippen LogP contribution is -2.52. The number of halogens is 1. The highest BCUT2D eigenvalue weighted by atomic mass is 19.1. The molecule has 1 aromatic carbocycles. The Hall–Kier alpha value is -2.44. The van der Waals surface area contributed by atoms with Gasteiger partial charge in [0, 0.05) is 12.1 Å². The van der Waals surface area contributed by atoms with Crippen LogP contribution in [0.15, 0.2) is 18.2 Å². The zero-order valence-electron chi connectivity index (χ0n) is 13.0. The Bertz CT molecular complexity index is 702. The molecular weight excluding hydrogens is 301 g/mol. The number of nitrogens with one attached hydrogen (secondary N) is 2. The lowest BCUT2D eigenvalue weighted by Gasteiger charge is -2.24. The number of carbonyl (C=O) groups is 3. The highest BCUT2D eigenvalue weighted by Gasteiger charge is 2.61. The number of fused-ring (bicyclic) bond motifs is 2. The first kappa shape index (κ1) is 15.5. The molecule has 7 heteroatoms. The van der Waals surface area contributed by atoms with Crippen LogP contribution in [0.2, 0.25) is 0 Å². The SMILES string of the molecule is CCC(CC)CN1C(=O)C2(NC(=O)NC2=O)c2cc(F)ccc21. The van der Waals surface area contributed by atoms with Gasteiger partial charge in [-0.2, -0.15) is 0 Å². The summed E-state index contributed by atoms with van der Waals surface area (Å²) in [5, 5.41) is 4.48. The molecule has 4 amide bonds. The second kappa shape index (κ2) is 5.33. The minimum Gasteiger partial charge on any atom is -0.312 e. The topological polar surface area (TPSA) is 78.5 Å². The molecule has 1 aromatic rings. The summed E-state index contributed by atoms with van der Waals surface area (Å²) in [6.45, 7) is 4.48. The summed E-state index contributed by atoms with van der Waals surface area (Å²) in [4.78, 5) is 38.3. The van der Waals surface area contributed by atoms with Crippen molar-refractivity contribution in [3.63, 3.8) is 0 Å². The predicted molar refractivity (Wildman–Crippen MR) is 81.2 cm³/mol. The van der Waals surface area contributed by atoms with Crippen LogP contribution in [0.5, 0.6) is 0 Å². The molecule has 0 aliphatic carbocycles. The molecule has 0 radical (unpaired) electrons. The first-order chi connectivity index (χ1) is 10.9. The average molecular weight is 319 g/mol. The maximum Gasteiger partial charge on any atom is 0.323 e. The van der Waals surface area contributed by atoms with E-state index < -0.39 is 29.2 Å². The van der Waals surface area contributed by atoms with E-state index in [1.54, 1.807) is 0 Å². The van der Waals surface area contributed by atoms with Crippen LogP contribution >= 0.6 is 0 Å². The van der Waals surface area contributed by atoms with Crippen molar-refractivity contribution in [2.75, 3.05) is 11.4 Å². The second-order valence-corrected chi connectivity index (χ2v) is 5.92. The standard InChI is InChI=1S/C16H18FN3O3/c1-3-9(4-2)8-20-12-6-5-10(17)7-11(12)16(14(20)22)13(21)18-15(23)19-16/h5-7,9H,3-4,8H2,1-2H3,(H2,18,19,21,23). The van der Waals surface area contributed by atoms with Gasteiger partial charge in [-0.25, -0.2) is 9.18 Å².